The van der Waals surface area contributed by atoms with Gasteiger partial charge in [0, 0.05) is 14.5 Å². The number of hydrogen-bond acceptors (Lipinski definition) is 3. The molecule has 0 unspecified atom stereocenters. The molecule has 1 aliphatic heterocycles. The highest BCUT2D eigenvalue weighted by Gasteiger charge is 2.22. The number of fused-ring (bicyclic) bond motifs is 1. The molecule has 4 heteroatoms. The smallest absolute Gasteiger partial charge is 0.0986 e. The third-order valence-corrected chi connectivity index (χ3v) is 5.30. The van der Waals surface area contributed by atoms with E-state index in [0.29, 0.717) is 0 Å². The average molecular weight is 442 g/mol. The lowest BCUT2D eigenvalue weighted by atomic mass is 9.95. The lowest BCUT2D eigenvalue weighted by molar-refractivity contribution is 0.147. The number of hydrogen-bond donors (Lipinski definition) is 2. The highest BCUT2D eigenvalue weighted by molar-refractivity contribution is 14.1. The fourth-order valence-corrected chi connectivity index (χ4v) is 3.63. The molecule has 0 fully saturated rings. The quantitative estimate of drug-likeness (QED) is 0.465. The van der Waals surface area contributed by atoms with Crippen LogP contribution in [0.2, 0.25) is 0 Å². The average Bonchev–Trinajstić information content (AvgIpc) is 2.68. The summed E-state index contributed by atoms with van der Waals surface area (Å²) in [6.45, 7) is 0.894. The van der Waals surface area contributed by atoms with E-state index < -0.39 is 6.10 Å². The minimum absolute atomic E-state index is 0.0656. The van der Waals surface area contributed by atoms with Gasteiger partial charge < -0.3 is 10.4 Å². The highest BCUT2D eigenvalue weighted by atomic mass is 127. The topological polar surface area (TPSA) is 45.2 Å². The van der Waals surface area contributed by atoms with Crippen LogP contribution in [0.25, 0.3) is 22.2 Å². The molecular formula is C21H19IN2O. The van der Waals surface area contributed by atoms with Crippen LogP contribution >= 0.6 is 22.6 Å². The van der Waals surface area contributed by atoms with Crippen molar-refractivity contribution < 1.29 is 5.11 Å². The number of halogens is 1. The Kier molecular flexibility index (Phi) is 4.83. The Morgan fingerprint density at radius 1 is 1.12 bits per heavy atom. The Morgan fingerprint density at radius 3 is 2.68 bits per heavy atom. The van der Waals surface area contributed by atoms with Crippen molar-refractivity contribution in [1.29, 1.82) is 0 Å². The second-order valence-electron chi connectivity index (χ2n) is 6.26. The van der Waals surface area contributed by atoms with Gasteiger partial charge in [-0.1, -0.05) is 42.5 Å². The van der Waals surface area contributed by atoms with Gasteiger partial charge in [-0.05, 0) is 65.4 Å². The van der Waals surface area contributed by atoms with E-state index in [2.05, 4.69) is 64.3 Å². The van der Waals surface area contributed by atoms with Crippen LogP contribution in [0.1, 0.15) is 18.1 Å². The van der Waals surface area contributed by atoms with Crippen molar-refractivity contribution in [3.63, 3.8) is 0 Å². The number of nitrogens with zero attached hydrogens (tertiary/aromatic N) is 1. The molecule has 0 amide bonds. The van der Waals surface area contributed by atoms with Gasteiger partial charge in [-0.15, -0.1) is 0 Å². The predicted octanol–water partition coefficient (Wildman–Crippen LogP) is 4.46. The van der Waals surface area contributed by atoms with Crippen molar-refractivity contribution in [2.24, 2.45) is 0 Å². The minimum Gasteiger partial charge on any atom is -0.386 e. The van der Waals surface area contributed by atoms with Gasteiger partial charge >= 0.3 is 0 Å². The summed E-state index contributed by atoms with van der Waals surface area (Å²) in [5, 5.41) is 15.4. The summed E-state index contributed by atoms with van der Waals surface area (Å²) in [4.78, 5) is 4.81. The summed E-state index contributed by atoms with van der Waals surface area (Å²) in [7, 11) is 0. The summed E-state index contributed by atoms with van der Waals surface area (Å²) in [5.74, 6) is 0. The zero-order valence-electron chi connectivity index (χ0n) is 13.7. The second kappa shape index (κ2) is 7.23. The predicted molar refractivity (Wildman–Crippen MR) is 110 cm³/mol. The summed E-state index contributed by atoms with van der Waals surface area (Å²) < 4.78 is 1.19. The fraction of sp³-hybridized carbons (Fsp3) is 0.190. The number of para-hydroxylation sites is 1. The Balaban J connectivity index is 1.85. The number of rotatable bonds is 3. The maximum Gasteiger partial charge on any atom is 0.0986 e. The lowest BCUT2D eigenvalue weighted by Gasteiger charge is -2.25. The third kappa shape index (κ3) is 3.47. The number of aromatic nitrogens is 1. The molecule has 25 heavy (non-hydrogen) atoms. The molecule has 0 saturated heterocycles. The number of aliphatic hydroxyl groups excluding tert-OH is 1. The maximum atomic E-state index is 11.0. The largest absolute Gasteiger partial charge is 0.386 e. The molecule has 126 valence electrons. The van der Waals surface area contributed by atoms with E-state index in [-0.39, 0.29) is 6.04 Å². The molecule has 0 bridgehead atoms. The zero-order valence-corrected chi connectivity index (χ0v) is 15.8. The number of aliphatic hydroxyl groups is 1. The van der Waals surface area contributed by atoms with Crippen LogP contribution in [0.5, 0.6) is 0 Å². The van der Waals surface area contributed by atoms with Crippen molar-refractivity contribution in [1.82, 2.24) is 10.3 Å². The molecule has 2 N–H and O–H groups in total. The molecule has 2 heterocycles. The van der Waals surface area contributed by atoms with Crippen LogP contribution in [-0.2, 0) is 0 Å². The maximum absolute atomic E-state index is 11.0. The highest BCUT2D eigenvalue weighted by Crippen LogP contribution is 2.31. The molecule has 0 radical (unpaired) electrons. The van der Waals surface area contributed by atoms with Crippen LogP contribution in [0.4, 0.5) is 0 Å². The van der Waals surface area contributed by atoms with E-state index in [9.17, 15) is 5.11 Å². The third-order valence-electron chi connectivity index (χ3n) is 4.58. The molecule has 1 aromatic heterocycles. The standard InChI is InChI=1S/C21H19IN2O/c22-15-10-8-14(9-11-15)20-13-17(16-5-1-2-6-18(16)24-20)21(25)19-7-3-4-12-23-19/h1-3,5-11,13,19,21,23,25H,4,12H2/t19-,21-/m1/s1. The minimum atomic E-state index is -0.605. The van der Waals surface area contributed by atoms with Crippen LogP contribution in [0, 0.1) is 3.57 Å². The van der Waals surface area contributed by atoms with Gasteiger partial charge in [0.05, 0.1) is 23.4 Å². The van der Waals surface area contributed by atoms with Crippen molar-refractivity contribution in [2.45, 2.75) is 18.6 Å². The second-order valence-corrected chi connectivity index (χ2v) is 7.51. The Hall–Kier alpha value is -1.76. The molecule has 0 spiro atoms. The van der Waals surface area contributed by atoms with Gasteiger partial charge in [-0.2, -0.15) is 0 Å². The van der Waals surface area contributed by atoms with Gasteiger partial charge in [-0.3, -0.25) is 0 Å². The summed E-state index contributed by atoms with van der Waals surface area (Å²) in [6.07, 6.45) is 4.60. The van der Waals surface area contributed by atoms with E-state index in [1.165, 1.54) is 3.57 Å². The van der Waals surface area contributed by atoms with E-state index in [1.807, 2.05) is 30.3 Å². The Labute approximate surface area is 160 Å². The zero-order chi connectivity index (χ0) is 17.2. The van der Waals surface area contributed by atoms with Crippen molar-refractivity contribution in [2.75, 3.05) is 6.54 Å². The number of nitrogens with one attached hydrogen (secondary N) is 1. The monoisotopic (exact) mass is 442 g/mol. The lowest BCUT2D eigenvalue weighted by Crippen LogP contribution is -2.36. The molecule has 2 aromatic carbocycles. The van der Waals surface area contributed by atoms with Crippen molar-refractivity contribution in [3.05, 3.63) is 75.9 Å². The van der Waals surface area contributed by atoms with Gasteiger partial charge in [0.15, 0.2) is 0 Å². The van der Waals surface area contributed by atoms with E-state index >= 15 is 0 Å². The van der Waals surface area contributed by atoms with E-state index in [1.54, 1.807) is 0 Å². The van der Waals surface area contributed by atoms with Crippen molar-refractivity contribution in [3.8, 4) is 11.3 Å². The van der Waals surface area contributed by atoms with Gasteiger partial charge in [-0.25, -0.2) is 4.98 Å². The van der Waals surface area contributed by atoms with Crippen LogP contribution in [0.15, 0.2) is 66.7 Å². The first-order valence-corrected chi connectivity index (χ1v) is 9.54. The van der Waals surface area contributed by atoms with Crippen LogP contribution < -0.4 is 5.32 Å². The van der Waals surface area contributed by atoms with Crippen LogP contribution in [0.3, 0.4) is 0 Å². The summed E-state index contributed by atoms with van der Waals surface area (Å²) in [5.41, 5.74) is 3.78. The molecule has 0 saturated carbocycles. The Morgan fingerprint density at radius 2 is 1.92 bits per heavy atom. The number of benzene rings is 2. The van der Waals surface area contributed by atoms with Crippen molar-refractivity contribution >= 4 is 33.5 Å². The normalized spacial score (nSPS) is 18.4. The number of pyridine rings is 1. The first-order chi connectivity index (χ1) is 12.2. The Bertz CT molecular complexity index is 921. The molecule has 1 aliphatic rings. The van der Waals surface area contributed by atoms with E-state index in [4.69, 9.17) is 4.98 Å². The molecule has 3 nitrogen and oxygen atoms in total. The SMILES string of the molecule is O[C@H](c1cc(-c2ccc(I)cc2)nc2ccccc12)[C@H]1C=CCCN1. The summed E-state index contributed by atoms with van der Waals surface area (Å²) >= 11 is 2.30. The van der Waals surface area contributed by atoms with Crippen LogP contribution in [-0.4, -0.2) is 22.7 Å². The molecule has 0 aliphatic carbocycles. The molecule has 2 atom stereocenters. The fourth-order valence-electron chi connectivity index (χ4n) is 3.27. The first-order valence-electron chi connectivity index (χ1n) is 8.46. The van der Waals surface area contributed by atoms with Gasteiger partial charge in [0.25, 0.3) is 0 Å². The van der Waals surface area contributed by atoms with E-state index in [0.717, 1.165) is 40.7 Å². The molecular weight excluding hydrogens is 423 g/mol. The molecule has 4 rings (SSSR count). The summed E-state index contributed by atoms with van der Waals surface area (Å²) in [6, 6.07) is 18.3. The first kappa shape index (κ1) is 16.7. The molecule has 3 aromatic rings. The van der Waals surface area contributed by atoms with Gasteiger partial charge in [0.2, 0.25) is 0 Å². The van der Waals surface area contributed by atoms with Gasteiger partial charge in [0.1, 0.15) is 0 Å².